The molecule has 0 aliphatic carbocycles. The fraction of sp³-hybridized carbons (Fsp3) is 0.125. The Kier molecular flexibility index (Phi) is 5.99. The van der Waals surface area contributed by atoms with Gasteiger partial charge in [-0.05, 0) is 36.8 Å². The molecule has 7 nitrogen and oxygen atoms in total. The maximum atomic E-state index is 13.8. The standard InChI is InChI=1S/C24H18FN5O2/c1-2-32-21-14-27-24(28-15-21)18-5-3-4-16(8-18)11-22-23(31)6-7-30(29-22)20-10-17(13-26)9-19(25)12-20/h3-10,12,14-15H,2,11H2,1H3. The van der Waals surface area contributed by atoms with E-state index in [1.54, 1.807) is 12.4 Å². The van der Waals surface area contributed by atoms with Crippen molar-refractivity contribution in [2.24, 2.45) is 0 Å². The second-order valence-corrected chi connectivity index (χ2v) is 6.93. The molecule has 0 atom stereocenters. The predicted molar refractivity (Wildman–Crippen MR) is 116 cm³/mol. The van der Waals surface area contributed by atoms with Crippen LogP contribution in [0.3, 0.4) is 0 Å². The van der Waals surface area contributed by atoms with Gasteiger partial charge in [0, 0.05) is 24.2 Å². The smallest absolute Gasteiger partial charge is 0.203 e. The monoisotopic (exact) mass is 427 g/mol. The van der Waals surface area contributed by atoms with E-state index in [9.17, 15) is 9.18 Å². The lowest BCUT2D eigenvalue weighted by molar-refractivity contribution is 0.337. The molecule has 4 rings (SSSR count). The molecule has 0 aliphatic rings. The minimum atomic E-state index is -0.552. The first-order valence-electron chi connectivity index (χ1n) is 9.90. The molecular weight excluding hydrogens is 409 g/mol. The Balaban J connectivity index is 1.63. The highest BCUT2D eigenvalue weighted by molar-refractivity contribution is 5.56. The summed E-state index contributed by atoms with van der Waals surface area (Å²) in [6.45, 7) is 2.42. The molecule has 0 N–H and O–H groups in total. The van der Waals surface area contributed by atoms with Crippen LogP contribution in [0.5, 0.6) is 5.75 Å². The second kappa shape index (κ2) is 9.18. The fourth-order valence-electron chi connectivity index (χ4n) is 3.20. The molecule has 0 spiro atoms. The van der Waals surface area contributed by atoms with Crippen LogP contribution in [0, 0.1) is 17.1 Å². The highest BCUT2D eigenvalue weighted by Crippen LogP contribution is 2.19. The molecule has 0 saturated heterocycles. The highest BCUT2D eigenvalue weighted by Gasteiger charge is 2.09. The molecule has 2 heterocycles. The molecule has 0 fully saturated rings. The topological polar surface area (TPSA) is 93.7 Å². The molecule has 0 saturated carbocycles. The Morgan fingerprint density at radius 2 is 1.94 bits per heavy atom. The van der Waals surface area contributed by atoms with Gasteiger partial charge in [-0.25, -0.2) is 19.0 Å². The van der Waals surface area contributed by atoms with E-state index in [2.05, 4.69) is 15.1 Å². The zero-order valence-electron chi connectivity index (χ0n) is 17.2. The fourth-order valence-corrected chi connectivity index (χ4v) is 3.20. The number of nitriles is 1. The van der Waals surface area contributed by atoms with Crippen molar-refractivity contribution in [2.75, 3.05) is 6.61 Å². The van der Waals surface area contributed by atoms with Gasteiger partial charge in [0.1, 0.15) is 11.5 Å². The summed E-state index contributed by atoms with van der Waals surface area (Å²) >= 11 is 0. The summed E-state index contributed by atoms with van der Waals surface area (Å²) in [7, 11) is 0. The van der Waals surface area contributed by atoms with Crippen molar-refractivity contribution in [3.05, 3.63) is 100.0 Å². The third-order valence-electron chi connectivity index (χ3n) is 4.65. The quantitative estimate of drug-likeness (QED) is 0.466. The van der Waals surface area contributed by atoms with Crippen molar-refractivity contribution in [2.45, 2.75) is 13.3 Å². The maximum Gasteiger partial charge on any atom is 0.203 e. The molecule has 0 aliphatic heterocycles. The first-order chi connectivity index (χ1) is 15.6. The Labute approximate surface area is 183 Å². The van der Waals surface area contributed by atoms with E-state index in [1.807, 2.05) is 37.3 Å². The van der Waals surface area contributed by atoms with Crippen LogP contribution in [0.15, 0.2) is 71.9 Å². The van der Waals surface area contributed by atoms with E-state index in [-0.39, 0.29) is 17.4 Å². The molecule has 2 aromatic heterocycles. The van der Waals surface area contributed by atoms with Crippen molar-refractivity contribution in [1.29, 1.82) is 5.26 Å². The van der Waals surface area contributed by atoms with Gasteiger partial charge < -0.3 is 4.74 Å². The van der Waals surface area contributed by atoms with Gasteiger partial charge in [-0.1, -0.05) is 18.2 Å². The minimum absolute atomic E-state index is 0.171. The molecule has 8 heteroatoms. The average Bonchev–Trinajstić information content (AvgIpc) is 2.81. The van der Waals surface area contributed by atoms with E-state index in [0.29, 0.717) is 29.6 Å². The van der Waals surface area contributed by atoms with Crippen molar-refractivity contribution in [3.8, 4) is 28.9 Å². The third-order valence-corrected chi connectivity index (χ3v) is 4.65. The number of aromatic nitrogens is 4. The largest absolute Gasteiger partial charge is 0.491 e. The van der Waals surface area contributed by atoms with Gasteiger partial charge in [0.25, 0.3) is 0 Å². The van der Waals surface area contributed by atoms with Crippen LogP contribution < -0.4 is 10.2 Å². The molecular formula is C24H18FN5O2. The van der Waals surface area contributed by atoms with E-state index in [0.717, 1.165) is 17.2 Å². The molecule has 2 aromatic carbocycles. The van der Waals surface area contributed by atoms with Gasteiger partial charge in [0.05, 0.1) is 36.3 Å². The van der Waals surface area contributed by atoms with Crippen molar-refractivity contribution in [3.63, 3.8) is 0 Å². The number of ether oxygens (including phenoxy) is 1. The molecule has 0 radical (unpaired) electrons. The SMILES string of the molecule is CCOc1cnc(-c2cccc(Cc3nn(-c4cc(F)cc(C#N)c4)ccc3=O)c2)nc1. The molecule has 32 heavy (non-hydrogen) atoms. The van der Waals surface area contributed by atoms with Gasteiger partial charge in [-0.3, -0.25) is 4.79 Å². The number of halogens is 1. The Bertz CT molecular complexity index is 1360. The number of rotatable bonds is 6. The molecule has 0 bridgehead atoms. The zero-order chi connectivity index (χ0) is 22.5. The van der Waals surface area contributed by atoms with E-state index in [4.69, 9.17) is 10.00 Å². The summed E-state index contributed by atoms with van der Waals surface area (Å²) in [5, 5.41) is 13.4. The van der Waals surface area contributed by atoms with Crippen LogP contribution in [0.25, 0.3) is 17.1 Å². The molecule has 158 valence electrons. The van der Waals surface area contributed by atoms with Crippen molar-refractivity contribution >= 4 is 0 Å². The van der Waals surface area contributed by atoms with Crippen LogP contribution in [-0.2, 0) is 6.42 Å². The maximum absolute atomic E-state index is 13.8. The van der Waals surface area contributed by atoms with E-state index >= 15 is 0 Å². The highest BCUT2D eigenvalue weighted by atomic mass is 19.1. The van der Waals surface area contributed by atoms with Gasteiger partial charge in [-0.15, -0.1) is 0 Å². The summed E-state index contributed by atoms with van der Waals surface area (Å²) < 4.78 is 20.6. The Morgan fingerprint density at radius 1 is 1.12 bits per heavy atom. The lowest BCUT2D eigenvalue weighted by atomic mass is 10.1. The zero-order valence-corrected chi connectivity index (χ0v) is 17.2. The molecule has 0 unspecified atom stereocenters. The van der Waals surface area contributed by atoms with Gasteiger partial charge in [0.15, 0.2) is 11.6 Å². The number of hydrogen-bond acceptors (Lipinski definition) is 6. The van der Waals surface area contributed by atoms with Crippen LogP contribution in [0.1, 0.15) is 23.7 Å². The van der Waals surface area contributed by atoms with Gasteiger partial charge in [0.2, 0.25) is 5.43 Å². The minimum Gasteiger partial charge on any atom is -0.491 e. The summed E-state index contributed by atoms with van der Waals surface area (Å²) in [4.78, 5) is 21.1. The van der Waals surface area contributed by atoms with Crippen LogP contribution in [-0.4, -0.2) is 26.4 Å². The van der Waals surface area contributed by atoms with Crippen molar-refractivity contribution < 1.29 is 9.13 Å². The van der Waals surface area contributed by atoms with Gasteiger partial charge in [-0.2, -0.15) is 10.4 Å². The Hall–Kier alpha value is -4.38. The average molecular weight is 427 g/mol. The van der Waals surface area contributed by atoms with Crippen LogP contribution in [0.2, 0.25) is 0 Å². The number of hydrogen-bond donors (Lipinski definition) is 0. The van der Waals surface area contributed by atoms with Crippen molar-refractivity contribution in [1.82, 2.24) is 19.7 Å². The summed E-state index contributed by atoms with van der Waals surface area (Å²) in [5.74, 6) is 0.583. The lowest BCUT2D eigenvalue weighted by Crippen LogP contribution is -2.16. The van der Waals surface area contributed by atoms with Crippen LogP contribution in [0.4, 0.5) is 4.39 Å². The lowest BCUT2D eigenvalue weighted by Gasteiger charge is -2.09. The third kappa shape index (κ3) is 4.68. The van der Waals surface area contributed by atoms with E-state index < -0.39 is 5.82 Å². The normalized spacial score (nSPS) is 10.5. The summed E-state index contributed by atoms with van der Waals surface area (Å²) in [5.41, 5.74) is 2.23. The molecule has 0 amide bonds. The van der Waals surface area contributed by atoms with Gasteiger partial charge >= 0.3 is 0 Å². The Morgan fingerprint density at radius 3 is 2.69 bits per heavy atom. The first-order valence-corrected chi connectivity index (χ1v) is 9.90. The second-order valence-electron chi connectivity index (χ2n) is 6.93. The predicted octanol–water partition coefficient (Wildman–Crippen LogP) is 3.69. The molecule has 4 aromatic rings. The first kappa shape index (κ1) is 20.9. The number of nitrogens with zero attached hydrogens (tertiary/aromatic N) is 5. The summed E-state index contributed by atoms with van der Waals surface area (Å²) in [6.07, 6.45) is 4.95. The number of benzene rings is 2. The van der Waals surface area contributed by atoms with Crippen LogP contribution >= 0.6 is 0 Å². The van der Waals surface area contributed by atoms with E-state index in [1.165, 1.54) is 29.1 Å². The summed E-state index contributed by atoms with van der Waals surface area (Å²) in [6, 6.07) is 14.7.